The number of fused-ring (bicyclic) bond motifs is 1. The molecule has 1 aliphatic heterocycles. The Morgan fingerprint density at radius 2 is 2.17 bits per heavy atom. The summed E-state index contributed by atoms with van der Waals surface area (Å²) in [6.07, 6.45) is -0.702. The molecule has 154 valence electrons. The molecule has 3 heterocycles. The Kier molecular flexibility index (Phi) is 5.79. The molecule has 0 bridgehead atoms. The molecule has 12 heteroatoms. The summed E-state index contributed by atoms with van der Waals surface area (Å²) in [5.41, 5.74) is 5.74. The van der Waals surface area contributed by atoms with Gasteiger partial charge in [-0.2, -0.15) is 10.2 Å². The first-order chi connectivity index (χ1) is 13.8. The third-order valence-corrected chi connectivity index (χ3v) is 4.36. The fourth-order valence-corrected chi connectivity index (χ4v) is 3.26. The van der Waals surface area contributed by atoms with Gasteiger partial charge in [0, 0.05) is 26.8 Å². The number of carbonyl (C=O) groups is 2. The normalized spacial score (nSPS) is 21.1. The lowest BCUT2D eigenvalue weighted by molar-refractivity contribution is -0.153. The van der Waals surface area contributed by atoms with Crippen LogP contribution in [0, 0.1) is 11.3 Å². The number of hydrogen-bond acceptors (Lipinski definition) is 10. The van der Waals surface area contributed by atoms with Gasteiger partial charge in [-0.05, 0) is 0 Å². The summed E-state index contributed by atoms with van der Waals surface area (Å²) >= 11 is 0. The van der Waals surface area contributed by atoms with Crippen LogP contribution < -0.4 is 11.4 Å². The van der Waals surface area contributed by atoms with Gasteiger partial charge in [0.15, 0.2) is 11.9 Å². The van der Waals surface area contributed by atoms with Gasteiger partial charge in [0.25, 0.3) is 0 Å². The second-order valence-electron chi connectivity index (χ2n) is 6.48. The number of nitrogens with two attached hydrogens (primary N) is 1. The van der Waals surface area contributed by atoms with Gasteiger partial charge >= 0.3 is 17.6 Å². The standard InChI is InChI=1S/C17H20N6O6/c1-9(24)27-8-11-6-13(28-10(2)25)15(29-11)23-14-12(7-20-16(19)21-14)22(17(23)26)5-3-4-18/h7,11,13,15H,3,5-6,8H2,1-2H3,(H2,19,20,21)/t11-,13+,15+/m0/s1. The van der Waals surface area contributed by atoms with Gasteiger partial charge in [0.05, 0.1) is 24.8 Å². The molecule has 0 aliphatic carbocycles. The number of nitriles is 1. The highest BCUT2D eigenvalue weighted by Gasteiger charge is 2.41. The van der Waals surface area contributed by atoms with Crippen molar-refractivity contribution in [1.29, 1.82) is 5.26 Å². The first kappa shape index (κ1) is 20.3. The van der Waals surface area contributed by atoms with Gasteiger partial charge in [0.1, 0.15) is 18.2 Å². The lowest BCUT2D eigenvalue weighted by Crippen LogP contribution is -2.33. The molecular weight excluding hydrogens is 384 g/mol. The van der Waals surface area contributed by atoms with Crippen LogP contribution in [-0.2, 0) is 30.3 Å². The zero-order valence-corrected chi connectivity index (χ0v) is 15.9. The average molecular weight is 404 g/mol. The minimum Gasteiger partial charge on any atom is -0.463 e. The Bertz CT molecular complexity index is 1040. The quantitative estimate of drug-likeness (QED) is 0.641. The van der Waals surface area contributed by atoms with Crippen molar-refractivity contribution in [2.45, 2.75) is 51.7 Å². The molecule has 2 aromatic rings. The van der Waals surface area contributed by atoms with Gasteiger partial charge < -0.3 is 19.9 Å². The van der Waals surface area contributed by atoms with E-state index in [0.717, 1.165) is 0 Å². The summed E-state index contributed by atoms with van der Waals surface area (Å²) in [5.74, 6) is -1.08. The van der Waals surface area contributed by atoms with E-state index in [0.29, 0.717) is 5.52 Å². The molecule has 29 heavy (non-hydrogen) atoms. The van der Waals surface area contributed by atoms with Crippen molar-refractivity contribution in [2.75, 3.05) is 12.3 Å². The molecule has 1 fully saturated rings. The van der Waals surface area contributed by atoms with E-state index in [1.807, 2.05) is 6.07 Å². The topological polar surface area (TPSA) is 164 Å². The van der Waals surface area contributed by atoms with Gasteiger partial charge in [0.2, 0.25) is 5.95 Å². The number of carbonyl (C=O) groups excluding carboxylic acids is 2. The Labute approximate surface area is 164 Å². The number of rotatable bonds is 6. The van der Waals surface area contributed by atoms with Crippen molar-refractivity contribution in [3.63, 3.8) is 0 Å². The van der Waals surface area contributed by atoms with Crippen LogP contribution in [0.1, 0.15) is 32.9 Å². The summed E-state index contributed by atoms with van der Waals surface area (Å²) in [7, 11) is 0. The highest BCUT2D eigenvalue weighted by atomic mass is 16.6. The van der Waals surface area contributed by atoms with Crippen molar-refractivity contribution in [2.24, 2.45) is 0 Å². The van der Waals surface area contributed by atoms with E-state index in [-0.39, 0.29) is 37.6 Å². The van der Waals surface area contributed by atoms with Gasteiger partial charge in [-0.3, -0.25) is 14.2 Å². The summed E-state index contributed by atoms with van der Waals surface area (Å²) in [5, 5.41) is 8.89. The Hall–Kier alpha value is -3.46. The number of esters is 2. The third-order valence-electron chi connectivity index (χ3n) is 4.36. The number of nitrogen functional groups attached to an aromatic ring is 1. The number of anilines is 1. The van der Waals surface area contributed by atoms with E-state index in [9.17, 15) is 14.4 Å². The lowest BCUT2D eigenvalue weighted by Gasteiger charge is -2.19. The predicted molar refractivity (Wildman–Crippen MR) is 97.1 cm³/mol. The molecule has 2 aromatic heterocycles. The van der Waals surface area contributed by atoms with E-state index in [1.54, 1.807) is 0 Å². The van der Waals surface area contributed by atoms with Crippen LogP contribution >= 0.6 is 0 Å². The first-order valence-corrected chi connectivity index (χ1v) is 8.88. The predicted octanol–water partition coefficient (Wildman–Crippen LogP) is -0.129. The van der Waals surface area contributed by atoms with E-state index in [1.165, 1.54) is 29.2 Å². The maximum atomic E-state index is 13.1. The smallest absolute Gasteiger partial charge is 0.332 e. The average Bonchev–Trinajstić information content (AvgIpc) is 3.15. The zero-order valence-electron chi connectivity index (χ0n) is 15.9. The fourth-order valence-electron chi connectivity index (χ4n) is 3.26. The first-order valence-electron chi connectivity index (χ1n) is 8.88. The van der Waals surface area contributed by atoms with Crippen LogP contribution in [-0.4, -0.2) is 49.9 Å². The van der Waals surface area contributed by atoms with Crippen molar-refractivity contribution in [3.05, 3.63) is 16.7 Å². The molecule has 3 rings (SSSR count). The minimum atomic E-state index is -1.01. The molecule has 0 spiro atoms. The van der Waals surface area contributed by atoms with Crippen LogP contribution in [0.3, 0.4) is 0 Å². The van der Waals surface area contributed by atoms with Gasteiger partial charge in [-0.1, -0.05) is 0 Å². The highest BCUT2D eigenvalue weighted by molar-refractivity contribution is 5.72. The van der Waals surface area contributed by atoms with E-state index < -0.39 is 36.1 Å². The summed E-state index contributed by atoms with van der Waals surface area (Å²) in [4.78, 5) is 43.8. The van der Waals surface area contributed by atoms with Crippen LogP contribution in [0.4, 0.5) is 5.95 Å². The van der Waals surface area contributed by atoms with E-state index >= 15 is 0 Å². The van der Waals surface area contributed by atoms with Gasteiger partial charge in [-0.25, -0.2) is 14.3 Å². The van der Waals surface area contributed by atoms with Crippen LogP contribution in [0.2, 0.25) is 0 Å². The second kappa shape index (κ2) is 8.27. The second-order valence-corrected chi connectivity index (χ2v) is 6.48. The molecule has 2 N–H and O–H groups in total. The monoisotopic (exact) mass is 404 g/mol. The minimum absolute atomic E-state index is 0.0530. The Morgan fingerprint density at radius 1 is 1.41 bits per heavy atom. The van der Waals surface area contributed by atoms with Gasteiger partial charge in [-0.15, -0.1) is 0 Å². The SMILES string of the molecule is CC(=O)OC[C@@H]1C[C@@H](OC(C)=O)[C@H](n2c(=O)n(CCC#N)c3cnc(N)nc32)O1. The maximum absolute atomic E-state index is 13.1. The summed E-state index contributed by atoms with van der Waals surface area (Å²) in [6.45, 7) is 2.58. The number of imidazole rings is 1. The summed E-state index contributed by atoms with van der Waals surface area (Å²) in [6, 6.07) is 1.98. The molecule has 0 radical (unpaired) electrons. The number of nitrogens with zero attached hydrogens (tertiary/aromatic N) is 5. The molecule has 0 aromatic carbocycles. The largest absolute Gasteiger partial charge is 0.463 e. The molecule has 1 aliphatic rings. The Morgan fingerprint density at radius 3 is 2.83 bits per heavy atom. The van der Waals surface area contributed by atoms with Crippen LogP contribution in [0.15, 0.2) is 11.0 Å². The molecule has 12 nitrogen and oxygen atoms in total. The van der Waals surface area contributed by atoms with Crippen LogP contribution in [0.25, 0.3) is 11.2 Å². The Balaban J connectivity index is 2.06. The molecule has 0 amide bonds. The molecule has 0 unspecified atom stereocenters. The van der Waals surface area contributed by atoms with E-state index in [2.05, 4.69) is 9.97 Å². The summed E-state index contributed by atoms with van der Waals surface area (Å²) < 4.78 is 18.8. The van der Waals surface area contributed by atoms with Crippen molar-refractivity contribution in [3.8, 4) is 6.07 Å². The third kappa shape index (κ3) is 4.19. The number of hydrogen-bond donors (Lipinski definition) is 1. The number of ether oxygens (including phenoxy) is 3. The van der Waals surface area contributed by atoms with Crippen molar-refractivity contribution in [1.82, 2.24) is 19.1 Å². The highest BCUT2D eigenvalue weighted by Crippen LogP contribution is 2.33. The van der Waals surface area contributed by atoms with Crippen LogP contribution in [0.5, 0.6) is 0 Å². The van der Waals surface area contributed by atoms with Crippen molar-refractivity contribution < 1.29 is 23.8 Å². The van der Waals surface area contributed by atoms with E-state index in [4.69, 9.17) is 25.2 Å². The zero-order chi connectivity index (χ0) is 21.1. The van der Waals surface area contributed by atoms with Crippen molar-refractivity contribution >= 4 is 29.1 Å². The molecular formula is C17H20N6O6. The lowest BCUT2D eigenvalue weighted by atomic mass is 10.2. The maximum Gasteiger partial charge on any atom is 0.332 e. The molecule has 3 atom stereocenters. The molecule has 0 saturated carbocycles. The molecule has 1 saturated heterocycles. The fraction of sp³-hybridized carbons (Fsp3) is 0.529. The number of aryl methyl sites for hydroxylation is 1. The number of aromatic nitrogens is 4.